The van der Waals surface area contributed by atoms with Crippen molar-refractivity contribution in [1.82, 2.24) is 9.97 Å². The number of nitrogens with two attached hydrogens (primary N) is 1. The van der Waals surface area contributed by atoms with E-state index in [-0.39, 0.29) is 5.92 Å². The van der Waals surface area contributed by atoms with Crippen LogP contribution in [0.15, 0.2) is 30.3 Å². The lowest BCUT2D eigenvalue weighted by Crippen LogP contribution is -2.19. The Morgan fingerprint density at radius 3 is 2.70 bits per heavy atom. The predicted octanol–water partition coefficient (Wildman–Crippen LogP) is 3.22. The summed E-state index contributed by atoms with van der Waals surface area (Å²) in [5.41, 5.74) is 8.06. The molecule has 1 saturated heterocycles. The highest BCUT2D eigenvalue weighted by atomic mass is 127. The van der Waals surface area contributed by atoms with Gasteiger partial charge < -0.3 is 10.5 Å². The first-order chi connectivity index (χ1) is 9.75. The molecule has 0 amide bonds. The van der Waals surface area contributed by atoms with Crippen LogP contribution in [0.5, 0.6) is 0 Å². The third-order valence-corrected chi connectivity index (χ3v) is 4.53. The topological polar surface area (TPSA) is 61.0 Å². The van der Waals surface area contributed by atoms with Crippen LogP contribution in [-0.2, 0) is 4.74 Å². The largest absolute Gasteiger partial charge is 0.383 e. The standard InChI is InChI=1S/C15H16IN3O/c16-12-13(10-5-2-1-3-6-10)18-15(19-14(12)17)11-7-4-8-20-9-11/h1-3,5-6,11H,4,7-9H2,(H2,17,18,19). The number of hydrogen-bond acceptors (Lipinski definition) is 4. The number of halogens is 1. The highest BCUT2D eigenvalue weighted by Gasteiger charge is 2.21. The molecule has 1 aliphatic heterocycles. The molecular weight excluding hydrogens is 365 g/mol. The van der Waals surface area contributed by atoms with Crippen molar-refractivity contribution < 1.29 is 4.74 Å². The summed E-state index contributed by atoms with van der Waals surface area (Å²) in [6.07, 6.45) is 2.12. The lowest BCUT2D eigenvalue weighted by atomic mass is 10.0. The number of rotatable bonds is 2. The number of nitrogen functional groups attached to an aromatic ring is 1. The van der Waals surface area contributed by atoms with Gasteiger partial charge in [-0.2, -0.15) is 0 Å². The summed E-state index contributed by atoms with van der Waals surface area (Å²) in [4.78, 5) is 9.21. The molecule has 104 valence electrons. The molecule has 0 aliphatic carbocycles. The van der Waals surface area contributed by atoms with Crippen LogP contribution < -0.4 is 5.73 Å². The van der Waals surface area contributed by atoms with Crippen molar-refractivity contribution in [1.29, 1.82) is 0 Å². The number of anilines is 1. The van der Waals surface area contributed by atoms with Crippen molar-refractivity contribution in [3.8, 4) is 11.3 Å². The first-order valence-electron chi connectivity index (χ1n) is 6.72. The van der Waals surface area contributed by atoms with Crippen molar-refractivity contribution in [2.45, 2.75) is 18.8 Å². The molecule has 1 fully saturated rings. The van der Waals surface area contributed by atoms with Gasteiger partial charge >= 0.3 is 0 Å². The molecule has 0 spiro atoms. The molecule has 3 rings (SSSR count). The third-order valence-electron chi connectivity index (χ3n) is 3.47. The van der Waals surface area contributed by atoms with Crippen LogP contribution in [0.1, 0.15) is 24.6 Å². The molecule has 1 aromatic heterocycles. The van der Waals surface area contributed by atoms with Gasteiger partial charge in [0.1, 0.15) is 11.6 Å². The molecule has 4 nitrogen and oxygen atoms in total. The Balaban J connectivity index is 2.03. The molecule has 5 heteroatoms. The third kappa shape index (κ3) is 2.78. The second-order valence-corrected chi connectivity index (χ2v) is 5.99. The summed E-state index contributed by atoms with van der Waals surface area (Å²) in [6, 6.07) is 10.1. The molecule has 0 bridgehead atoms. The minimum absolute atomic E-state index is 0.255. The van der Waals surface area contributed by atoms with Gasteiger partial charge in [0, 0.05) is 18.1 Å². The van der Waals surface area contributed by atoms with Gasteiger partial charge in [-0.1, -0.05) is 30.3 Å². The Morgan fingerprint density at radius 2 is 2.00 bits per heavy atom. The maximum absolute atomic E-state index is 6.07. The van der Waals surface area contributed by atoms with Gasteiger partial charge in [-0.25, -0.2) is 9.97 Å². The summed E-state index contributed by atoms with van der Waals surface area (Å²) in [7, 11) is 0. The number of hydrogen-bond donors (Lipinski definition) is 1. The van der Waals surface area contributed by atoms with E-state index in [2.05, 4.69) is 27.6 Å². The fourth-order valence-electron chi connectivity index (χ4n) is 2.40. The maximum atomic E-state index is 6.07. The highest BCUT2D eigenvalue weighted by Crippen LogP contribution is 2.30. The minimum atomic E-state index is 0.255. The van der Waals surface area contributed by atoms with E-state index in [1.165, 1.54) is 0 Å². The van der Waals surface area contributed by atoms with E-state index in [4.69, 9.17) is 15.5 Å². The molecule has 1 unspecified atom stereocenters. The van der Waals surface area contributed by atoms with E-state index in [9.17, 15) is 0 Å². The van der Waals surface area contributed by atoms with Crippen molar-refractivity contribution in [2.75, 3.05) is 18.9 Å². The molecule has 0 radical (unpaired) electrons. The normalized spacial score (nSPS) is 18.9. The number of nitrogens with zero attached hydrogens (tertiary/aromatic N) is 2. The van der Waals surface area contributed by atoms with E-state index in [1.807, 2.05) is 30.3 Å². The first kappa shape index (κ1) is 13.8. The molecule has 1 aromatic carbocycles. The molecule has 2 heterocycles. The van der Waals surface area contributed by atoms with Gasteiger partial charge in [-0.05, 0) is 35.4 Å². The van der Waals surface area contributed by atoms with Crippen LogP contribution in [0.3, 0.4) is 0 Å². The SMILES string of the molecule is Nc1nc(C2CCCOC2)nc(-c2ccccc2)c1I. The van der Waals surface area contributed by atoms with E-state index in [1.54, 1.807) is 0 Å². The monoisotopic (exact) mass is 381 g/mol. The van der Waals surface area contributed by atoms with E-state index >= 15 is 0 Å². The zero-order chi connectivity index (χ0) is 13.9. The molecule has 2 aromatic rings. The Labute approximate surface area is 131 Å². The first-order valence-corrected chi connectivity index (χ1v) is 7.79. The Hall–Kier alpha value is -1.21. The molecule has 1 atom stereocenters. The maximum Gasteiger partial charge on any atom is 0.141 e. The summed E-state index contributed by atoms with van der Waals surface area (Å²) in [5.74, 6) is 1.62. The Bertz CT molecular complexity index is 598. The number of benzene rings is 1. The van der Waals surface area contributed by atoms with E-state index in [0.29, 0.717) is 12.4 Å². The molecule has 20 heavy (non-hydrogen) atoms. The fourth-order valence-corrected chi connectivity index (χ4v) is 2.95. The van der Waals surface area contributed by atoms with Crippen LogP contribution in [0.4, 0.5) is 5.82 Å². The van der Waals surface area contributed by atoms with Gasteiger partial charge in [0.25, 0.3) is 0 Å². The average Bonchev–Trinajstić information content (AvgIpc) is 2.51. The van der Waals surface area contributed by atoms with Crippen LogP contribution in [0, 0.1) is 3.57 Å². The van der Waals surface area contributed by atoms with Gasteiger partial charge in [0.2, 0.25) is 0 Å². The van der Waals surface area contributed by atoms with Crippen LogP contribution in [-0.4, -0.2) is 23.2 Å². The summed E-state index contributed by atoms with van der Waals surface area (Å²) in [5, 5.41) is 0. The lowest BCUT2D eigenvalue weighted by molar-refractivity contribution is 0.0781. The molecule has 1 aliphatic rings. The molecule has 0 saturated carbocycles. The van der Waals surface area contributed by atoms with Crippen molar-refractivity contribution >= 4 is 28.4 Å². The number of ether oxygens (including phenoxy) is 1. The van der Waals surface area contributed by atoms with Crippen molar-refractivity contribution in [3.05, 3.63) is 39.7 Å². The van der Waals surface area contributed by atoms with Crippen LogP contribution >= 0.6 is 22.6 Å². The lowest BCUT2D eigenvalue weighted by Gasteiger charge is -2.21. The van der Waals surface area contributed by atoms with Crippen molar-refractivity contribution in [3.63, 3.8) is 0 Å². The zero-order valence-corrected chi connectivity index (χ0v) is 13.2. The summed E-state index contributed by atoms with van der Waals surface area (Å²) in [6.45, 7) is 1.52. The van der Waals surface area contributed by atoms with Gasteiger partial charge in [0.05, 0.1) is 15.9 Å². The Morgan fingerprint density at radius 1 is 1.20 bits per heavy atom. The summed E-state index contributed by atoms with van der Waals surface area (Å²) < 4.78 is 6.44. The predicted molar refractivity (Wildman–Crippen MR) is 87.4 cm³/mol. The van der Waals surface area contributed by atoms with Crippen molar-refractivity contribution in [2.24, 2.45) is 0 Å². The van der Waals surface area contributed by atoms with E-state index in [0.717, 1.165) is 40.1 Å². The van der Waals surface area contributed by atoms with Gasteiger partial charge in [-0.15, -0.1) is 0 Å². The van der Waals surface area contributed by atoms with Gasteiger partial charge in [0.15, 0.2) is 0 Å². The smallest absolute Gasteiger partial charge is 0.141 e. The fraction of sp³-hybridized carbons (Fsp3) is 0.333. The van der Waals surface area contributed by atoms with E-state index < -0.39 is 0 Å². The average molecular weight is 381 g/mol. The minimum Gasteiger partial charge on any atom is -0.383 e. The second kappa shape index (κ2) is 6.05. The zero-order valence-electron chi connectivity index (χ0n) is 11.1. The summed E-state index contributed by atoms with van der Waals surface area (Å²) >= 11 is 2.21. The molecular formula is C15H16IN3O. The quantitative estimate of drug-likeness (QED) is 0.812. The van der Waals surface area contributed by atoms with Crippen LogP contribution in [0.2, 0.25) is 0 Å². The molecule has 2 N–H and O–H groups in total. The van der Waals surface area contributed by atoms with Crippen LogP contribution in [0.25, 0.3) is 11.3 Å². The second-order valence-electron chi connectivity index (χ2n) is 4.91. The van der Waals surface area contributed by atoms with Gasteiger partial charge in [-0.3, -0.25) is 0 Å². The Kier molecular flexibility index (Phi) is 4.16. The number of aromatic nitrogens is 2. The highest BCUT2D eigenvalue weighted by molar-refractivity contribution is 14.1.